The van der Waals surface area contributed by atoms with Crippen molar-refractivity contribution < 1.29 is 22.6 Å². The summed E-state index contributed by atoms with van der Waals surface area (Å²) in [6.45, 7) is 0. The van der Waals surface area contributed by atoms with Gasteiger partial charge in [-0.2, -0.15) is 5.26 Å². The molecule has 1 rings (SSSR count). The molecule has 0 saturated heterocycles. The predicted octanol–water partition coefficient (Wildman–Crippen LogP) is 1.86. The molecule has 0 amide bonds. The van der Waals surface area contributed by atoms with Gasteiger partial charge >= 0.3 is 6.36 Å². The van der Waals surface area contributed by atoms with E-state index in [9.17, 15) is 13.2 Å². The Bertz CT molecular complexity index is 398. The summed E-state index contributed by atoms with van der Waals surface area (Å²) in [5.74, 6) is -0.654. The molecule has 0 aromatic carbocycles. The van der Waals surface area contributed by atoms with Gasteiger partial charge in [-0.15, -0.1) is 13.2 Å². The molecule has 0 aliphatic heterocycles. The third kappa shape index (κ3) is 3.34. The van der Waals surface area contributed by atoms with Crippen LogP contribution < -0.4 is 9.47 Å². The van der Waals surface area contributed by atoms with Crippen LogP contribution in [0.15, 0.2) is 12.1 Å². The first-order valence-electron chi connectivity index (χ1n) is 3.66. The summed E-state index contributed by atoms with van der Waals surface area (Å²) in [6.07, 6.45) is -4.81. The van der Waals surface area contributed by atoms with E-state index in [1.165, 1.54) is 7.11 Å². The molecule has 15 heavy (non-hydrogen) atoms. The smallest absolute Gasteiger partial charge is 0.481 e. The van der Waals surface area contributed by atoms with Crippen LogP contribution >= 0.6 is 0 Å². The van der Waals surface area contributed by atoms with Gasteiger partial charge in [0.1, 0.15) is 17.5 Å². The van der Waals surface area contributed by atoms with Crippen molar-refractivity contribution in [3.05, 3.63) is 17.8 Å². The first-order valence-corrected chi connectivity index (χ1v) is 3.66. The maximum Gasteiger partial charge on any atom is 0.573 e. The maximum atomic E-state index is 11.8. The molecule has 0 spiro atoms. The van der Waals surface area contributed by atoms with Crippen LogP contribution in [-0.2, 0) is 0 Å². The molecule has 0 aliphatic rings. The minimum absolute atomic E-state index is 0.117. The van der Waals surface area contributed by atoms with E-state index in [1.807, 2.05) is 0 Å². The molecule has 0 atom stereocenters. The van der Waals surface area contributed by atoms with E-state index >= 15 is 0 Å². The fourth-order valence-electron chi connectivity index (χ4n) is 0.836. The quantitative estimate of drug-likeness (QED) is 0.760. The van der Waals surface area contributed by atoms with E-state index < -0.39 is 12.1 Å². The molecule has 0 unspecified atom stereocenters. The highest BCUT2D eigenvalue weighted by molar-refractivity contribution is 5.35. The number of hydrogen-bond donors (Lipinski definition) is 0. The fraction of sp³-hybridized carbons (Fsp3) is 0.250. The average Bonchev–Trinajstić information content (AvgIpc) is 2.14. The normalized spacial score (nSPS) is 10.6. The molecule has 0 aliphatic carbocycles. The van der Waals surface area contributed by atoms with Crippen LogP contribution in [0.2, 0.25) is 0 Å². The predicted molar refractivity (Wildman–Crippen MR) is 42.2 cm³/mol. The van der Waals surface area contributed by atoms with Crippen LogP contribution in [0.25, 0.3) is 0 Å². The third-order valence-corrected chi connectivity index (χ3v) is 1.33. The van der Waals surface area contributed by atoms with Crippen LogP contribution in [0.5, 0.6) is 11.6 Å². The Balaban J connectivity index is 3.03. The summed E-state index contributed by atoms with van der Waals surface area (Å²) < 4.78 is 43.8. The van der Waals surface area contributed by atoms with Gasteiger partial charge in [0, 0.05) is 12.1 Å². The maximum absolute atomic E-state index is 11.8. The molecule has 7 heteroatoms. The Morgan fingerprint density at radius 3 is 2.53 bits per heavy atom. The van der Waals surface area contributed by atoms with E-state index in [-0.39, 0.29) is 11.6 Å². The number of ether oxygens (including phenoxy) is 2. The number of rotatable bonds is 2. The largest absolute Gasteiger partial charge is 0.573 e. The van der Waals surface area contributed by atoms with E-state index in [0.717, 1.165) is 12.1 Å². The summed E-state index contributed by atoms with van der Waals surface area (Å²) in [4.78, 5) is 3.57. The summed E-state index contributed by atoms with van der Waals surface area (Å²) in [6, 6.07) is 3.40. The van der Waals surface area contributed by atoms with Crippen molar-refractivity contribution in [2.75, 3.05) is 7.11 Å². The fourth-order valence-corrected chi connectivity index (χ4v) is 0.836. The van der Waals surface area contributed by atoms with Gasteiger partial charge in [-0.1, -0.05) is 0 Å². The van der Waals surface area contributed by atoms with Crippen LogP contribution in [0, 0.1) is 11.3 Å². The topological polar surface area (TPSA) is 55.1 Å². The van der Waals surface area contributed by atoms with E-state index in [2.05, 4.69) is 14.5 Å². The SMILES string of the molecule is COc1cc(OC(F)(F)F)cc(C#N)n1. The minimum atomic E-state index is -4.81. The zero-order valence-electron chi connectivity index (χ0n) is 7.50. The van der Waals surface area contributed by atoms with Crippen molar-refractivity contribution in [3.8, 4) is 17.7 Å². The molecule has 1 aromatic rings. The molecular weight excluding hydrogens is 213 g/mol. The number of nitriles is 1. The van der Waals surface area contributed by atoms with Gasteiger partial charge in [0.15, 0.2) is 0 Å². The lowest BCUT2D eigenvalue weighted by Gasteiger charge is -2.09. The first kappa shape index (κ1) is 11.1. The number of aromatic nitrogens is 1. The van der Waals surface area contributed by atoms with Crippen molar-refractivity contribution in [1.29, 1.82) is 5.26 Å². The van der Waals surface area contributed by atoms with Gasteiger partial charge in [0.25, 0.3) is 0 Å². The van der Waals surface area contributed by atoms with E-state index in [4.69, 9.17) is 5.26 Å². The van der Waals surface area contributed by atoms with Crippen LogP contribution in [-0.4, -0.2) is 18.5 Å². The zero-order valence-corrected chi connectivity index (χ0v) is 7.50. The molecule has 1 heterocycles. The molecule has 80 valence electrons. The van der Waals surface area contributed by atoms with Crippen molar-refractivity contribution in [1.82, 2.24) is 4.98 Å². The van der Waals surface area contributed by atoms with Crippen molar-refractivity contribution >= 4 is 0 Å². The monoisotopic (exact) mass is 218 g/mol. The summed E-state index contributed by atoms with van der Waals surface area (Å²) in [5, 5.41) is 8.48. The molecule has 0 saturated carbocycles. The van der Waals surface area contributed by atoms with Gasteiger partial charge < -0.3 is 9.47 Å². The molecule has 0 N–H and O–H groups in total. The molecular formula is C8H5F3N2O2. The first-order chi connectivity index (χ1) is 6.94. The van der Waals surface area contributed by atoms with Gasteiger partial charge in [-0.25, -0.2) is 4.98 Å². The number of methoxy groups -OCH3 is 1. The second-order valence-corrected chi connectivity index (χ2v) is 2.39. The number of hydrogen-bond acceptors (Lipinski definition) is 4. The van der Waals surface area contributed by atoms with Crippen molar-refractivity contribution in [2.45, 2.75) is 6.36 Å². The molecule has 0 bridgehead atoms. The van der Waals surface area contributed by atoms with E-state index in [0.29, 0.717) is 0 Å². The van der Waals surface area contributed by atoms with Crippen LogP contribution in [0.1, 0.15) is 5.69 Å². The van der Waals surface area contributed by atoms with Gasteiger partial charge in [-0.05, 0) is 0 Å². The highest BCUT2D eigenvalue weighted by Gasteiger charge is 2.31. The average molecular weight is 218 g/mol. The van der Waals surface area contributed by atoms with Crippen LogP contribution in [0.3, 0.4) is 0 Å². The minimum Gasteiger partial charge on any atom is -0.481 e. The Hall–Kier alpha value is -1.97. The van der Waals surface area contributed by atoms with Gasteiger partial charge in [-0.3, -0.25) is 0 Å². The standard InChI is InChI=1S/C8H5F3N2O2/c1-14-7-3-6(15-8(9,10)11)2-5(4-12)13-7/h2-3H,1H3. The number of halogens is 3. The summed E-state index contributed by atoms with van der Waals surface area (Å²) >= 11 is 0. The molecule has 4 nitrogen and oxygen atoms in total. The lowest BCUT2D eigenvalue weighted by molar-refractivity contribution is -0.274. The molecule has 1 aromatic heterocycles. The van der Waals surface area contributed by atoms with E-state index in [1.54, 1.807) is 6.07 Å². The zero-order chi connectivity index (χ0) is 11.5. The highest BCUT2D eigenvalue weighted by atomic mass is 19.4. The second kappa shape index (κ2) is 4.04. The Morgan fingerprint density at radius 2 is 2.07 bits per heavy atom. The van der Waals surface area contributed by atoms with Gasteiger partial charge in [0.05, 0.1) is 7.11 Å². The van der Waals surface area contributed by atoms with Crippen molar-refractivity contribution in [3.63, 3.8) is 0 Å². The van der Waals surface area contributed by atoms with Crippen LogP contribution in [0.4, 0.5) is 13.2 Å². The lowest BCUT2D eigenvalue weighted by atomic mass is 10.3. The third-order valence-electron chi connectivity index (χ3n) is 1.33. The lowest BCUT2D eigenvalue weighted by Crippen LogP contribution is -2.17. The number of pyridine rings is 1. The Morgan fingerprint density at radius 1 is 1.40 bits per heavy atom. The van der Waals surface area contributed by atoms with Gasteiger partial charge in [0.2, 0.25) is 5.88 Å². The molecule has 0 fully saturated rings. The number of nitrogens with zero attached hydrogens (tertiary/aromatic N) is 2. The second-order valence-electron chi connectivity index (χ2n) is 2.39. The van der Waals surface area contributed by atoms with Crippen molar-refractivity contribution in [2.24, 2.45) is 0 Å². The summed E-state index contributed by atoms with van der Waals surface area (Å²) in [5.41, 5.74) is -0.214. The molecule has 0 radical (unpaired) electrons. The highest BCUT2D eigenvalue weighted by Crippen LogP contribution is 2.25. The Kier molecular flexibility index (Phi) is 2.99. The summed E-state index contributed by atoms with van der Waals surface area (Å²) in [7, 11) is 1.22. The Labute approximate surface area is 82.9 Å². The number of alkyl halides is 3.